The minimum absolute atomic E-state index is 0.0417. The van der Waals surface area contributed by atoms with Crippen molar-refractivity contribution in [2.75, 3.05) is 0 Å². The molecule has 114 valence electrons. The highest BCUT2D eigenvalue weighted by Crippen LogP contribution is 2.29. The maximum absolute atomic E-state index is 12.6. The molecule has 0 aliphatic heterocycles. The maximum atomic E-state index is 12.6. The molecular weight excluding hydrogens is 353 g/mol. The Labute approximate surface area is 127 Å². The molecule has 2 amide bonds. The van der Waals surface area contributed by atoms with E-state index in [1.165, 1.54) is 6.07 Å². The van der Waals surface area contributed by atoms with E-state index in [9.17, 15) is 22.8 Å². The van der Waals surface area contributed by atoms with Crippen molar-refractivity contribution in [2.24, 2.45) is 5.73 Å². The van der Waals surface area contributed by atoms with Gasteiger partial charge in [0.1, 0.15) is 6.04 Å². The first kappa shape index (κ1) is 17.2. The number of amides is 2. The molecule has 0 unspecified atom stereocenters. The van der Waals surface area contributed by atoms with E-state index >= 15 is 0 Å². The van der Waals surface area contributed by atoms with E-state index in [0.717, 1.165) is 12.1 Å². The number of primary amides is 1. The highest BCUT2D eigenvalue weighted by molar-refractivity contribution is 9.11. The van der Waals surface area contributed by atoms with Crippen LogP contribution in [0, 0.1) is 0 Å². The molecule has 0 saturated carbocycles. The second-order valence-corrected chi connectivity index (χ2v) is 5.35. The van der Waals surface area contributed by atoms with E-state index in [1.54, 1.807) is 0 Å². The molecule has 0 heterocycles. The Bertz CT molecular complexity index is 573. The van der Waals surface area contributed by atoms with Gasteiger partial charge in [-0.05, 0) is 22.7 Å². The standard InChI is InChI=1S/C13H12BrF3N2O2/c1-7(14)5-10(11(18)20)19-12(21)8-3-2-4-9(6-8)13(15,16)17/h2-4,6,10H,1,5H2,(H2,18,20)(H,19,21)/t10-/m1/s1. The van der Waals surface area contributed by atoms with Gasteiger partial charge in [-0.25, -0.2) is 0 Å². The molecule has 8 heteroatoms. The lowest BCUT2D eigenvalue weighted by atomic mass is 10.1. The summed E-state index contributed by atoms with van der Waals surface area (Å²) >= 11 is 3.02. The highest BCUT2D eigenvalue weighted by atomic mass is 79.9. The zero-order valence-electron chi connectivity index (χ0n) is 10.7. The molecule has 0 aromatic heterocycles. The third-order valence-electron chi connectivity index (χ3n) is 2.53. The maximum Gasteiger partial charge on any atom is 0.416 e. The van der Waals surface area contributed by atoms with Gasteiger partial charge in [-0.15, -0.1) is 0 Å². The van der Waals surface area contributed by atoms with Gasteiger partial charge < -0.3 is 11.1 Å². The topological polar surface area (TPSA) is 72.2 Å². The van der Waals surface area contributed by atoms with Crippen LogP contribution < -0.4 is 11.1 Å². The molecular formula is C13H12BrF3N2O2. The van der Waals surface area contributed by atoms with Crippen molar-refractivity contribution in [3.63, 3.8) is 0 Å². The molecule has 0 saturated heterocycles. The second-order valence-electron chi connectivity index (χ2n) is 4.23. The number of rotatable bonds is 5. The van der Waals surface area contributed by atoms with Crippen LogP contribution in [0.1, 0.15) is 22.3 Å². The first-order chi connectivity index (χ1) is 9.61. The van der Waals surface area contributed by atoms with Crippen molar-refractivity contribution in [3.8, 4) is 0 Å². The lowest BCUT2D eigenvalue weighted by Gasteiger charge is -2.15. The number of hydrogen-bond acceptors (Lipinski definition) is 2. The largest absolute Gasteiger partial charge is 0.416 e. The minimum atomic E-state index is -4.55. The summed E-state index contributed by atoms with van der Waals surface area (Å²) in [7, 11) is 0. The summed E-state index contributed by atoms with van der Waals surface area (Å²) < 4.78 is 38.1. The van der Waals surface area contributed by atoms with Gasteiger partial charge in [0.2, 0.25) is 5.91 Å². The Morgan fingerprint density at radius 3 is 2.48 bits per heavy atom. The summed E-state index contributed by atoms with van der Waals surface area (Å²) in [4.78, 5) is 23.1. The molecule has 3 N–H and O–H groups in total. The summed E-state index contributed by atoms with van der Waals surface area (Å²) in [5.74, 6) is -1.63. The Morgan fingerprint density at radius 1 is 1.38 bits per heavy atom. The van der Waals surface area contributed by atoms with Gasteiger partial charge in [-0.3, -0.25) is 9.59 Å². The quantitative estimate of drug-likeness (QED) is 0.842. The predicted octanol–water partition coefficient (Wildman–Crippen LogP) is 2.59. The summed E-state index contributed by atoms with van der Waals surface area (Å²) in [5.41, 5.74) is 3.95. The summed E-state index contributed by atoms with van der Waals surface area (Å²) in [6.45, 7) is 3.51. The Morgan fingerprint density at radius 2 is 2.00 bits per heavy atom. The number of nitrogens with one attached hydrogen (secondary N) is 1. The third-order valence-corrected chi connectivity index (χ3v) is 2.85. The van der Waals surface area contributed by atoms with Crippen molar-refractivity contribution < 1.29 is 22.8 Å². The highest BCUT2D eigenvalue weighted by Gasteiger charge is 2.31. The fraction of sp³-hybridized carbons (Fsp3) is 0.231. The minimum Gasteiger partial charge on any atom is -0.368 e. The lowest BCUT2D eigenvalue weighted by Crippen LogP contribution is -2.44. The van der Waals surface area contributed by atoms with Crippen LogP contribution in [-0.4, -0.2) is 17.9 Å². The Kier molecular flexibility index (Phi) is 5.54. The average Bonchev–Trinajstić information content (AvgIpc) is 2.36. The van der Waals surface area contributed by atoms with E-state index in [1.807, 2.05) is 0 Å². The number of nitrogens with two attached hydrogens (primary N) is 1. The molecule has 1 aromatic carbocycles. The fourth-order valence-electron chi connectivity index (χ4n) is 1.52. The second kappa shape index (κ2) is 6.75. The van der Waals surface area contributed by atoms with Crippen LogP contribution in [0.4, 0.5) is 13.2 Å². The van der Waals surface area contributed by atoms with E-state index in [2.05, 4.69) is 27.8 Å². The van der Waals surface area contributed by atoms with Gasteiger partial charge in [-0.2, -0.15) is 13.2 Å². The van der Waals surface area contributed by atoms with Crippen LogP contribution in [0.2, 0.25) is 0 Å². The molecule has 21 heavy (non-hydrogen) atoms. The molecule has 1 aromatic rings. The van der Waals surface area contributed by atoms with Gasteiger partial charge in [0.25, 0.3) is 5.91 Å². The Balaban J connectivity index is 2.93. The molecule has 1 atom stereocenters. The van der Waals surface area contributed by atoms with Gasteiger partial charge in [0.05, 0.1) is 5.56 Å². The van der Waals surface area contributed by atoms with Crippen molar-refractivity contribution in [1.82, 2.24) is 5.32 Å². The summed E-state index contributed by atoms with van der Waals surface area (Å²) in [5, 5.41) is 2.27. The lowest BCUT2D eigenvalue weighted by molar-refractivity contribution is -0.137. The number of carbonyl (C=O) groups excluding carboxylic acids is 2. The van der Waals surface area contributed by atoms with Crippen molar-refractivity contribution >= 4 is 27.7 Å². The number of halogens is 4. The number of benzene rings is 1. The third kappa shape index (κ3) is 5.22. The number of hydrogen-bond donors (Lipinski definition) is 2. The van der Waals surface area contributed by atoms with Crippen LogP contribution in [0.15, 0.2) is 35.3 Å². The van der Waals surface area contributed by atoms with Crippen LogP contribution in [0.5, 0.6) is 0 Å². The van der Waals surface area contributed by atoms with Crippen molar-refractivity contribution in [2.45, 2.75) is 18.6 Å². The molecule has 0 fully saturated rings. The van der Waals surface area contributed by atoms with Gasteiger partial charge in [-0.1, -0.05) is 28.6 Å². The van der Waals surface area contributed by atoms with Crippen LogP contribution >= 0.6 is 15.9 Å². The van der Waals surface area contributed by atoms with Gasteiger partial charge >= 0.3 is 6.18 Å². The Hall–Kier alpha value is -1.83. The normalized spacial score (nSPS) is 12.6. The van der Waals surface area contributed by atoms with Crippen molar-refractivity contribution in [3.05, 3.63) is 46.5 Å². The molecule has 0 spiro atoms. The van der Waals surface area contributed by atoms with E-state index in [-0.39, 0.29) is 12.0 Å². The van der Waals surface area contributed by atoms with Gasteiger partial charge in [0.15, 0.2) is 0 Å². The van der Waals surface area contributed by atoms with E-state index in [0.29, 0.717) is 10.5 Å². The fourth-order valence-corrected chi connectivity index (χ4v) is 1.85. The average molecular weight is 365 g/mol. The van der Waals surface area contributed by atoms with Crippen LogP contribution in [0.25, 0.3) is 0 Å². The molecule has 0 aliphatic rings. The van der Waals surface area contributed by atoms with E-state index in [4.69, 9.17) is 5.73 Å². The summed E-state index contributed by atoms with van der Waals surface area (Å²) in [6, 6.07) is 2.82. The smallest absolute Gasteiger partial charge is 0.368 e. The van der Waals surface area contributed by atoms with Crippen LogP contribution in [0.3, 0.4) is 0 Å². The molecule has 0 aliphatic carbocycles. The monoisotopic (exact) mass is 364 g/mol. The first-order valence-electron chi connectivity index (χ1n) is 5.72. The van der Waals surface area contributed by atoms with Crippen LogP contribution in [-0.2, 0) is 11.0 Å². The first-order valence-corrected chi connectivity index (χ1v) is 6.51. The number of alkyl halides is 3. The predicted molar refractivity (Wildman–Crippen MR) is 74.6 cm³/mol. The van der Waals surface area contributed by atoms with E-state index < -0.39 is 29.6 Å². The molecule has 1 rings (SSSR count). The molecule has 0 bridgehead atoms. The van der Waals surface area contributed by atoms with Crippen molar-refractivity contribution in [1.29, 1.82) is 0 Å². The van der Waals surface area contributed by atoms with Gasteiger partial charge in [0, 0.05) is 12.0 Å². The molecule has 0 radical (unpaired) electrons. The summed E-state index contributed by atoms with van der Waals surface area (Å²) in [6.07, 6.45) is -4.51. The SMILES string of the molecule is C=C(Br)C[C@@H](NC(=O)c1cccc(C(F)(F)F)c1)C(N)=O. The number of carbonyl (C=O) groups is 2. The zero-order valence-corrected chi connectivity index (χ0v) is 12.3. The zero-order chi connectivity index (χ0) is 16.2. The molecule has 4 nitrogen and oxygen atoms in total.